The first-order valence-electron chi connectivity index (χ1n) is 14.3. The van der Waals surface area contributed by atoms with E-state index in [-0.39, 0.29) is 17.9 Å². The summed E-state index contributed by atoms with van der Waals surface area (Å²) in [5, 5.41) is 0. The molecule has 6 heteroatoms. The Balaban J connectivity index is 1.55. The van der Waals surface area contributed by atoms with Crippen molar-refractivity contribution in [2.75, 3.05) is 26.7 Å². The Morgan fingerprint density at radius 1 is 0.744 bits per heavy atom. The number of fused-ring (bicyclic) bond motifs is 1. The highest BCUT2D eigenvalue weighted by Crippen LogP contribution is 2.32. The molecule has 2 fully saturated rings. The summed E-state index contributed by atoms with van der Waals surface area (Å²) < 4.78 is 4.53. The van der Waals surface area contributed by atoms with Crippen molar-refractivity contribution in [3.05, 3.63) is 85.1 Å². The Morgan fingerprint density at radius 3 is 1.82 bits per heavy atom. The van der Waals surface area contributed by atoms with Crippen molar-refractivity contribution in [1.82, 2.24) is 9.80 Å². The van der Waals surface area contributed by atoms with Crippen LogP contribution >= 0.6 is 0 Å². The van der Waals surface area contributed by atoms with Gasteiger partial charge in [-0.05, 0) is 51.4 Å². The van der Waals surface area contributed by atoms with Crippen LogP contribution in [-0.4, -0.2) is 60.4 Å². The zero-order valence-electron chi connectivity index (χ0n) is 23.8. The largest absolute Gasteiger partial charge is 0.466 e. The summed E-state index contributed by atoms with van der Waals surface area (Å²) in [5.41, 5.74) is 0. The van der Waals surface area contributed by atoms with Gasteiger partial charge in [0, 0.05) is 44.1 Å². The summed E-state index contributed by atoms with van der Waals surface area (Å²) in [6.07, 6.45) is 36.5. The summed E-state index contributed by atoms with van der Waals surface area (Å²) in [7, 11) is 1.28. The molecule has 2 heterocycles. The molecule has 0 bridgehead atoms. The molecule has 0 aliphatic carbocycles. The van der Waals surface area contributed by atoms with Crippen molar-refractivity contribution in [3.8, 4) is 0 Å². The van der Waals surface area contributed by atoms with Gasteiger partial charge in [0.1, 0.15) is 0 Å². The highest BCUT2D eigenvalue weighted by molar-refractivity contribution is 5.94. The van der Waals surface area contributed by atoms with Crippen LogP contribution in [0.1, 0.15) is 64.7 Å². The van der Waals surface area contributed by atoms with Crippen molar-refractivity contribution in [2.24, 2.45) is 5.92 Å². The smallest absolute Gasteiger partial charge is 0.330 e. The maximum absolute atomic E-state index is 12.8. The molecule has 2 rings (SSSR count). The average Bonchev–Trinajstić information content (AvgIpc) is 3.54. The molecule has 2 aliphatic heterocycles. The van der Waals surface area contributed by atoms with Gasteiger partial charge < -0.3 is 14.5 Å². The van der Waals surface area contributed by atoms with Crippen LogP contribution in [0.3, 0.4) is 0 Å². The molecule has 212 valence electrons. The van der Waals surface area contributed by atoms with Crippen molar-refractivity contribution in [2.45, 2.75) is 70.8 Å². The minimum Gasteiger partial charge on any atom is -0.466 e. The molecule has 2 saturated heterocycles. The lowest BCUT2D eigenvalue weighted by Crippen LogP contribution is -2.40. The molecule has 2 unspecified atom stereocenters. The maximum atomic E-state index is 12.8. The first kappa shape index (κ1) is 31.8. The average molecular weight is 535 g/mol. The van der Waals surface area contributed by atoms with Crippen LogP contribution in [0.5, 0.6) is 0 Å². The van der Waals surface area contributed by atoms with Gasteiger partial charge in [0.15, 0.2) is 0 Å². The molecule has 0 radical (unpaired) electrons. The summed E-state index contributed by atoms with van der Waals surface area (Å²) in [5.74, 6) is -0.286. The van der Waals surface area contributed by atoms with Crippen molar-refractivity contribution in [3.63, 3.8) is 0 Å². The monoisotopic (exact) mass is 534 g/mol. The molecular weight excluding hydrogens is 488 g/mol. The van der Waals surface area contributed by atoms with E-state index in [0.717, 1.165) is 64.0 Å². The fourth-order valence-electron chi connectivity index (χ4n) is 4.75. The number of carbonyl (C=O) groups is 3. The van der Waals surface area contributed by atoms with Crippen LogP contribution < -0.4 is 0 Å². The van der Waals surface area contributed by atoms with E-state index >= 15 is 0 Å². The predicted molar refractivity (Wildman–Crippen MR) is 159 cm³/mol. The van der Waals surface area contributed by atoms with E-state index in [4.69, 9.17) is 0 Å². The fourth-order valence-corrected chi connectivity index (χ4v) is 4.75. The van der Waals surface area contributed by atoms with Crippen molar-refractivity contribution < 1.29 is 19.1 Å². The molecule has 0 N–H and O–H groups in total. The van der Waals surface area contributed by atoms with Crippen molar-refractivity contribution in [1.29, 1.82) is 0 Å². The third kappa shape index (κ3) is 12.8. The van der Waals surface area contributed by atoms with Gasteiger partial charge in [-0.25, -0.2) is 4.79 Å². The lowest BCUT2D eigenvalue weighted by molar-refractivity contribution is -0.135. The van der Waals surface area contributed by atoms with Gasteiger partial charge in [0.25, 0.3) is 0 Å². The van der Waals surface area contributed by atoms with E-state index in [2.05, 4.69) is 84.6 Å². The van der Waals surface area contributed by atoms with Crippen LogP contribution in [0.4, 0.5) is 0 Å². The van der Waals surface area contributed by atoms with E-state index in [9.17, 15) is 14.4 Å². The minimum absolute atomic E-state index is 0.0817. The molecule has 0 saturated carbocycles. The van der Waals surface area contributed by atoms with E-state index in [1.54, 1.807) is 4.90 Å². The predicted octanol–water partition coefficient (Wildman–Crippen LogP) is 6.25. The molecule has 39 heavy (non-hydrogen) atoms. The first-order chi connectivity index (χ1) is 19.1. The zero-order chi connectivity index (χ0) is 28.1. The van der Waals surface area contributed by atoms with Crippen LogP contribution in [0.2, 0.25) is 0 Å². The van der Waals surface area contributed by atoms with Gasteiger partial charge in [-0.1, -0.05) is 79.8 Å². The van der Waals surface area contributed by atoms with Gasteiger partial charge >= 0.3 is 5.97 Å². The Bertz CT molecular complexity index is 970. The number of rotatable bonds is 16. The SMILES string of the molecule is CC/C=C\C/C=C\C/C=C\C/C=C\C/C=C\C/C=C\CCC(=O)N1CCC2CN(C(=O)C=CC(=O)OC)CC21. The van der Waals surface area contributed by atoms with E-state index in [0.29, 0.717) is 25.4 Å². The quantitative estimate of drug-likeness (QED) is 0.133. The Hall–Kier alpha value is -3.41. The standard InChI is InChI=1S/C33H46N2O4/c1-3-4-5-6-7-8-9-10-11-12-13-14-15-16-17-18-19-20-21-22-32(37)35-26-25-29-27-34(28-30(29)35)31(36)23-24-33(38)39-2/h4-5,7-8,10-11,13-14,16-17,19-20,23-24,29-30H,3,6,9,12,15,18,21-22,25-28H2,1-2H3/b5-4-,8-7-,11-10-,14-13-,17-16-,20-19-,24-23?. The van der Waals surface area contributed by atoms with Crippen LogP contribution in [0, 0.1) is 5.92 Å². The van der Waals surface area contributed by atoms with Crippen molar-refractivity contribution >= 4 is 17.8 Å². The van der Waals surface area contributed by atoms with Gasteiger partial charge in [-0.2, -0.15) is 0 Å². The summed E-state index contributed by atoms with van der Waals surface area (Å²) in [6, 6.07) is 0.0817. The Kier molecular flexibility index (Phi) is 16.0. The number of allylic oxidation sites excluding steroid dienone is 12. The molecule has 0 aromatic carbocycles. The normalized spacial score (nSPS) is 19.9. The lowest BCUT2D eigenvalue weighted by atomic mass is 10.1. The van der Waals surface area contributed by atoms with Crippen LogP contribution in [0.15, 0.2) is 85.1 Å². The number of hydrogen-bond acceptors (Lipinski definition) is 4. The highest BCUT2D eigenvalue weighted by Gasteiger charge is 2.43. The molecular formula is C33H46N2O4. The highest BCUT2D eigenvalue weighted by atomic mass is 16.5. The summed E-state index contributed by atoms with van der Waals surface area (Å²) in [6.45, 7) is 4.07. The molecule has 6 nitrogen and oxygen atoms in total. The third-order valence-electron chi connectivity index (χ3n) is 6.86. The van der Waals surface area contributed by atoms with Gasteiger partial charge in [-0.3, -0.25) is 9.59 Å². The molecule has 2 aliphatic rings. The minimum atomic E-state index is -0.547. The van der Waals surface area contributed by atoms with E-state index in [1.807, 2.05) is 4.90 Å². The first-order valence-corrected chi connectivity index (χ1v) is 14.3. The molecule has 2 amide bonds. The van der Waals surface area contributed by atoms with Gasteiger partial charge in [0.05, 0.1) is 13.2 Å². The Morgan fingerprint density at radius 2 is 1.28 bits per heavy atom. The van der Waals surface area contributed by atoms with Crippen LogP contribution in [-0.2, 0) is 19.1 Å². The lowest BCUT2D eigenvalue weighted by Gasteiger charge is -2.24. The van der Waals surface area contributed by atoms with Gasteiger partial charge in [-0.15, -0.1) is 0 Å². The van der Waals surface area contributed by atoms with Crippen LogP contribution in [0.25, 0.3) is 0 Å². The second-order valence-corrected chi connectivity index (χ2v) is 9.76. The molecule has 0 aromatic heterocycles. The number of esters is 1. The number of amides is 2. The summed E-state index contributed by atoms with van der Waals surface area (Å²) in [4.78, 5) is 40.0. The zero-order valence-corrected chi connectivity index (χ0v) is 23.8. The van der Waals surface area contributed by atoms with E-state index in [1.165, 1.54) is 13.2 Å². The second-order valence-electron chi connectivity index (χ2n) is 9.76. The molecule has 0 aromatic rings. The molecule has 2 atom stereocenters. The second kappa shape index (κ2) is 19.6. The number of ether oxygens (including phenoxy) is 1. The topological polar surface area (TPSA) is 66.9 Å². The summed E-state index contributed by atoms with van der Waals surface area (Å²) >= 11 is 0. The number of methoxy groups -OCH3 is 1. The number of hydrogen-bond donors (Lipinski definition) is 0. The number of likely N-dealkylation sites (tertiary alicyclic amines) is 2. The number of carbonyl (C=O) groups excluding carboxylic acids is 3. The number of nitrogens with zero attached hydrogens (tertiary/aromatic N) is 2. The van der Waals surface area contributed by atoms with E-state index < -0.39 is 5.97 Å². The molecule has 0 spiro atoms. The Labute approximate surface area is 235 Å². The third-order valence-corrected chi connectivity index (χ3v) is 6.86. The maximum Gasteiger partial charge on any atom is 0.330 e. The fraction of sp³-hybridized carbons (Fsp3) is 0.485. The van der Waals surface area contributed by atoms with Gasteiger partial charge in [0.2, 0.25) is 11.8 Å².